The van der Waals surface area contributed by atoms with Gasteiger partial charge in [0, 0.05) is 26.2 Å². The summed E-state index contributed by atoms with van der Waals surface area (Å²) in [6.07, 6.45) is 3.94. The van der Waals surface area contributed by atoms with Crippen LogP contribution in [-0.2, 0) is 15.0 Å². The Kier molecular flexibility index (Phi) is 4.90. The summed E-state index contributed by atoms with van der Waals surface area (Å²) in [5, 5.41) is 0. The Balaban J connectivity index is 1.89. The summed E-state index contributed by atoms with van der Waals surface area (Å²) in [6.45, 7) is 2.50. The van der Waals surface area contributed by atoms with E-state index in [2.05, 4.69) is 17.0 Å². The molecule has 5 nitrogen and oxygen atoms in total. The highest BCUT2D eigenvalue weighted by atomic mass is 16.2. The van der Waals surface area contributed by atoms with E-state index in [1.807, 2.05) is 30.1 Å². The van der Waals surface area contributed by atoms with Gasteiger partial charge in [-0.2, -0.15) is 0 Å². The van der Waals surface area contributed by atoms with Gasteiger partial charge in [0.2, 0.25) is 11.8 Å². The number of likely N-dealkylation sites (N-methyl/N-ethyl adjacent to an activating group) is 1. The van der Waals surface area contributed by atoms with Gasteiger partial charge in [-0.1, -0.05) is 43.2 Å². The van der Waals surface area contributed by atoms with Crippen molar-refractivity contribution in [2.75, 3.05) is 33.2 Å². The number of hydrogen-bond donors (Lipinski definition) is 1. The van der Waals surface area contributed by atoms with Gasteiger partial charge < -0.3 is 15.5 Å². The molecule has 1 unspecified atom stereocenters. The topological polar surface area (TPSA) is 66.6 Å². The van der Waals surface area contributed by atoms with Crippen molar-refractivity contribution < 1.29 is 9.59 Å². The van der Waals surface area contributed by atoms with Gasteiger partial charge in [0.15, 0.2) is 0 Å². The molecule has 1 aromatic rings. The van der Waals surface area contributed by atoms with Crippen molar-refractivity contribution in [1.82, 2.24) is 9.80 Å². The lowest BCUT2D eigenvalue weighted by atomic mass is 9.77. The molecule has 5 heteroatoms. The van der Waals surface area contributed by atoms with E-state index in [0.717, 1.165) is 37.8 Å². The summed E-state index contributed by atoms with van der Waals surface area (Å²) < 4.78 is 0. The third kappa shape index (κ3) is 3.18. The zero-order valence-electron chi connectivity index (χ0n) is 14.4. The van der Waals surface area contributed by atoms with Crippen LogP contribution in [0.25, 0.3) is 0 Å². The van der Waals surface area contributed by atoms with E-state index in [-0.39, 0.29) is 17.7 Å². The van der Waals surface area contributed by atoms with Crippen molar-refractivity contribution >= 4 is 11.8 Å². The van der Waals surface area contributed by atoms with Gasteiger partial charge in [-0.15, -0.1) is 0 Å². The summed E-state index contributed by atoms with van der Waals surface area (Å²) in [7, 11) is 1.98. The number of carbonyl (C=O) groups is 2. The molecule has 2 N–H and O–H groups in total. The van der Waals surface area contributed by atoms with Crippen molar-refractivity contribution in [2.24, 2.45) is 11.7 Å². The predicted octanol–water partition coefficient (Wildman–Crippen LogP) is 1.37. The molecule has 0 bridgehead atoms. The number of benzene rings is 1. The summed E-state index contributed by atoms with van der Waals surface area (Å²) >= 11 is 0. The standard InChI is InChI=1S/C19H27N3O2/c1-21-11-12-22(14-15(13-21)17(20)23)18(24)19(9-5-6-10-19)16-7-3-2-4-8-16/h2-4,7-8,15H,5-6,9-14H2,1H3,(H2,20,23). The molecule has 24 heavy (non-hydrogen) atoms. The highest BCUT2D eigenvalue weighted by Crippen LogP contribution is 2.42. The van der Waals surface area contributed by atoms with Crippen molar-refractivity contribution in [1.29, 1.82) is 0 Å². The number of rotatable bonds is 3. The molecule has 130 valence electrons. The normalized spacial score (nSPS) is 24.5. The zero-order chi connectivity index (χ0) is 17.2. The van der Waals surface area contributed by atoms with E-state index in [0.29, 0.717) is 19.6 Å². The second-order valence-electron chi connectivity index (χ2n) is 7.27. The maximum atomic E-state index is 13.5. The fraction of sp³-hybridized carbons (Fsp3) is 0.579. The van der Waals surface area contributed by atoms with Gasteiger partial charge in [0.1, 0.15) is 0 Å². The first kappa shape index (κ1) is 17.0. The van der Waals surface area contributed by atoms with Crippen LogP contribution in [0.4, 0.5) is 0 Å². The lowest BCUT2D eigenvalue weighted by Gasteiger charge is -2.35. The van der Waals surface area contributed by atoms with E-state index in [1.165, 1.54) is 0 Å². The smallest absolute Gasteiger partial charge is 0.233 e. The predicted molar refractivity (Wildman–Crippen MR) is 93.3 cm³/mol. The van der Waals surface area contributed by atoms with E-state index in [4.69, 9.17) is 5.73 Å². The van der Waals surface area contributed by atoms with Crippen LogP contribution < -0.4 is 5.73 Å². The van der Waals surface area contributed by atoms with Crippen LogP contribution in [0, 0.1) is 5.92 Å². The molecule has 2 fully saturated rings. The fourth-order valence-electron chi connectivity index (χ4n) is 4.20. The first-order valence-corrected chi connectivity index (χ1v) is 8.86. The Bertz CT molecular complexity index is 596. The molecule has 2 aliphatic rings. The minimum absolute atomic E-state index is 0.174. The molecule has 3 rings (SSSR count). The number of hydrogen-bond acceptors (Lipinski definition) is 3. The zero-order valence-corrected chi connectivity index (χ0v) is 14.4. The number of amides is 2. The van der Waals surface area contributed by atoms with Crippen LogP contribution in [0.5, 0.6) is 0 Å². The van der Waals surface area contributed by atoms with E-state index in [1.54, 1.807) is 0 Å². The Hall–Kier alpha value is -1.88. The van der Waals surface area contributed by atoms with Crippen molar-refractivity contribution in [3.8, 4) is 0 Å². The number of nitrogens with two attached hydrogens (primary N) is 1. The third-order valence-electron chi connectivity index (χ3n) is 5.61. The molecule has 1 heterocycles. The lowest BCUT2D eigenvalue weighted by molar-refractivity contribution is -0.138. The van der Waals surface area contributed by atoms with Crippen molar-refractivity contribution in [2.45, 2.75) is 31.1 Å². The lowest BCUT2D eigenvalue weighted by Crippen LogP contribution is -2.48. The molecule has 1 aromatic carbocycles. The Morgan fingerprint density at radius 3 is 2.38 bits per heavy atom. The summed E-state index contributed by atoms with van der Waals surface area (Å²) in [5.74, 6) is -0.440. The molecular weight excluding hydrogens is 302 g/mol. The minimum Gasteiger partial charge on any atom is -0.369 e. The second-order valence-corrected chi connectivity index (χ2v) is 7.27. The van der Waals surface area contributed by atoms with Crippen LogP contribution in [0.2, 0.25) is 0 Å². The minimum atomic E-state index is -0.424. The van der Waals surface area contributed by atoms with E-state index >= 15 is 0 Å². The molecule has 1 saturated carbocycles. The Morgan fingerprint density at radius 2 is 1.75 bits per heavy atom. The highest BCUT2D eigenvalue weighted by Gasteiger charge is 2.45. The van der Waals surface area contributed by atoms with Gasteiger partial charge >= 0.3 is 0 Å². The van der Waals surface area contributed by atoms with Crippen LogP contribution in [0.15, 0.2) is 30.3 Å². The number of primary amides is 1. The van der Waals surface area contributed by atoms with Gasteiger partial charge in [-0.3, -0.25) is 9.59 Å². The fourth-order valence-corrected chi connectivity index (χ4v) is 4.20. The molecule has 0 aromatic heterocycles. The summed E-state index contributed by atoms with van der Waals surface area (Å²) in [4.78, 5) is 29.2. The van der Waals surface area contributed by atoms with E-state index < -0.39 is 5.41 Å². The van der Waals surface area contributed by atoms with Crippen LogP contribution in [0.1, 0.15) is 31.2 Å². The van der Waals surface area contributed by atoms with Crippen LogP contribution in [0.3, 0.4) is 0 Å². The number of nitrogens with zero attached hydrogens (tertiary/aromatic N) is 2. The molecule has 1 atom stereocenters. The van der Waals surface area contributed by atoms with Gasteiger partial charge in [0.05, 0.1) is 11.3 Å². The second kappa shape index (κ2) is 6.93. The van der Waals surface area contributed by atoms with Crippen LogP contribution >= 0.6 is 0 Å². The molecular formula is C19H27N3O2. The summed E-state index contributed by atoms with van der Waals surface area (Å²) in [6, 6.07) is 10.1. The first-order chi connectivity index (χ1) is 11.5. The van der Waals surface area contributed by atoms with Gasteiger partial charge in [-0.05, 0) is 25.5 Å². The molecule has 2 amide bonds. The maximum absolute atomic E-state index is 13.5. The first-order valence-electron chi connectivity index (χ1n) is 8.86. The molecule has 1 aliphatic carbocycles. The highest BCUT2D eigenvalue weighted by molar-refractivity contribution is 5.89. The SMILES string of the molecule is CN1CCN(C(=O)C2(c3ccccc3)CCCC2)CC(C(N)=O)C1. The van der Waals surface area contributed by atoms with Crippen molar-refractivity contribution in [3.05, 3.63) is 35.9 Å². The molecule has 0 spiro atoms. The van der Waals surface area contributed by atoms with E-state index in [9.17, 15) is 9.59 Å². The molecule has 0 radical (unpaired) electrons. The van der Waals surface area contributed by atoms with Gasteiger partial charge in [0.25, 0.3) is 0 Å². The van der Waals surface area contributed by atoms with Crippen molar-refractivity contribution in [3.63, 3.8) is 0 Å². The van der Waals surface area contributed by atoms with Gasteiger partial charge in [-0.25, -0.2) is 0 Å². The van der Waals surface area contributed by atoms with Crippen LogP contribution in [-0.4, -0.2) is 54.8 Å². The molecule has 1 saturated heterocycles. The third-order valence-corrected chi connectivity index (χ3v) is 5.61. The summed E-state index contributed by atoms with van der Waals surface area (Å²) in [5.41, 5.74) is 6.24. The Labute approximate surface area is 143 Å². The monoisotopic (exact) mass is 329 g/mol. The average Bonchev–Trinajstić information content (AvgIpc) is 3.00. The largest absolute Gasteiger partial charge is 0.369 e. The number of carbonyl (C=O) groups excluding carboxylic acids is 2. The quantitative estimate of drug-likeness (QED) is 0.911. The maximum Gasteiger partial charge on any atom is 0.233 e. The average molecular weight is 329 g/mol. The Morgan fingerprint density at radius 1 is 1.08 bits per heavy atom. The molecule has 1 aliphatic heterocycles.